The molecule has 0 N–H and O–H groups in total. The highest BCUT2D eigenvalue weighted by Crippen LogP contribution is 2.11. The van der Waals surface area contributed by atoms with Crippen LogP contribution in [0.25, 0.3) is 0 Å². The van der Waals surface area contributed by atoms with E-state index in [2.05, 4.69) is 0 Å². The minimum Gasteiger partial charge on any atom is -0.315 e. The van der Waals surface area contributed by atoms with E-state index < -0.39 is 0 Å². The van der Waals surface area contributed by atoms with Gasteiger partial charge in [0.25, 0.3) is 0 Å². The fraction of sp³-hybridized carbons (Fsp3) is 0.182. The van der Waals surface area contributed by atoms with E-state index >= 15 is 0 Å². The highest BCUT2D eigenvalue weighted by atomic mass is 16.2. The van der Waals surface area contributed by atoms with Crippen LogP contribution >= 0.6 is 0 Å². The quantitative estimate of drug-likeness (QED) is 0.669. The summed E-state index contributed by atoms with van der Waals surface area (Å²) in [5.41, 5.74) is 1.17. The molecule has 1 amide bonds. The summed E-state index contributed by atoms with van der Waals surface area (Å²) >= 11 is 0. The maximum absolute atomic E-state index is 11.2. The molecule has 0 atom stereocenters. The Kier molecular flexibility index (Phi) is 2.13. The minimum atomic E-state index is 0.184. The standard InChI is InChI=1S/C11H11NO/c13-11-7-4-8-12(11)9-10-5-2-1-3-6-10/h1-6,8H,7,9H2. The molecule has 13 heavy (non-hydrogen) atoms. The lowest BCUT2D eigenvalue weighted by molar-refractivity contribution is -0.127. The van der Waals surface area contributed by atoms with Crippen LogP contribution in [-0.4, -0.2) is 10.8 Å². The van der Waals surface area contributed by atoms with E-state index in [0.29, 0.717) is 13.0 Å². The van der Waals surface area contributed by atoms with Crippen molar-refractivity contribution < 1.29 is 4.79 Å². The molecule has 0 radical (unpaired) electrons. The summed E-state index contributed by atoms with van der Waals surface area (Å²) in [6.07, 6.45) is 4.30. The predicted molar refractivity (Wildman–Crippen MR) is 50.7 cm³/mol. The van der Waals surface area contributed by atoms with Crippen molar-refractivity contribution in [1.29, 1.82) is 0 Å². The van der Waals surface area contributed by atoms with Crippen LogP contribution in [-0.2, 0) is 11.3 Å². The van der Waals surface area contributed by atoms with Crippen molar-refractivity contribution in [2.75, 3.05) is 0 Å². The van der Waals surface area contributed by atoms with Crippen molar-refractivity contribution in [2.24, 2.45) is 0 Å². The Morgan fingerprint density at radius 3 is 2.62 bits per heavy atom. The lowest BCUT2D eigenvalue weighted by Crippen LogP contribution is -2.20. The maximum Gasteiger partial charge on any atom is 0.230 e. The van der Waals surface area contributed by atoms with Gasteiger partial charge in [0.1, 0.15) is 0 Å². The van der Waals surface area contributed by atoms with Crippen LogP contribution in [0.2, 0.25) is 0 Å². The Bertz CT molecular complexity index is 329. The number of carbonyl (C=O) groups excluding carboxylic acids is 1. The van der Waals surface area contributed by atoms with E-state index in [1.807, 2.05) is 42.6 Å². The monoisotopic (exact) mass is 173 g/mol. The first-order valence-electron chi connectivity index (χ1n) is 4.36. The molecule has 0 aliphatic carbocycles. The Hall–Kier alpha value is -1.57. The van der Waals surface area contributed by atoms with E-state index in [4.69, 9.17) is 0 Å². The number of carbonyl (C=O) groups is 1. The van der Waals surface area contributed by atoms with Crippen LogP contribution in [0.15, 0.2) is 42.6 Å². The van der Waals surface area contributed by atoms with Gasteiger partial charge >= 0.3 is 0 Å². The lowest BCUT2D eigenvalue weighted by Gasteiger charge is -2.12. The second kappa shape index (κ2) is 3.44. The van der Waals surface area contributed by atoms with Crippen LogP contribution in [0.1, 0.15) is 12.0 Å². The van der Waals surface area contributed by atoms with Crippen LogP contribution in [0.3, 0.4) is 0 Å². The first-order chi connectivity index (χ1) is 6.36. The van der Waals surface area contributed by atoms with Gasteiger partial charge in [0, 0.05) is 12.6 Å². The van der Waals surface area contributed by atoms with Crippen LogP contribution < -0.4 is 0 Å². The summed E-state index contributed by atoms with van der Waals surface area (Å²) in [6, 6.07) is 10.0. The topological polar surface area (TPSA) is 20.3 Å². The van der Waals surface area contributed by atoms with Crippen LogP contribution in [0.4, 0.5) is 0 Å². The van der Waals surface area contributed by atoms with E-state index in [9.17, 15) is 4.79 Å². The fourth-order valence-electron chi connectivity index (χ4n) is 1.40. The van der Waals surface area contributed by atoms with Gasteiger partial charge in [-0.2, -0.15) is 0 Å². The van der Waals surface area contributed by atoms with Gasteiger partial charge < -0.3 is 4.90 Å². The third kappa shape index (κ3) is 1.78. The van der Waals surface area contributed by atoms with Gasteiger partial charge in [-0.05, 0) is 5.56 Å². The molecule has 2 heteroatoms. The average Bonchev–Trinajstić information content (AvgIpc) is 2.54. The van der Waals surface area contributed by atoms with Crippen molar-refractivity contribution in [1.82, 2.24) is 4.90 Å². The number of hydrogen-bond donors (Lipinski definition) is 0. The molecule has 1 aromatic carbocycles. The molecule has 2 nitrogen and oxygen atoms in total. The van der Waals surface area contributed by atoms with Crippen LogP contribution in [0, 0.1) is 0 Å². The largest absolute Gasteiger partial charge is 0.315 e. The molecule has 0 aromatic heterocycles. The van der Waals surface area contributed by atoms with Crippen molar-refractivity contribution >= 4 is 5.91 Å². The summed E-state index contributed by atoms with van der Waals surface area (Å²) in [4.78, 5) is 13.0. The van der Waals surface area contributed by atoms with Gasteiger partial charge in [0.2, 0.25) is 5.91 Å². The highest BCUT2D eigenvalue weighted by molar-refractivity contribution is 5.81. The lowest BCUT2D eigenvalue weighted by atomic mass is 10.2. The van der Waals surface area contributed by atoms with Gasteiger partial charge in [0.05, 0.1) is 6.54 Å². The molecule has 0 saturated carbocycles. The first-order valence-corrected chi connectivity index (χ1v) is 4.36. The molecule has 0 saturated heterocycles. The molecule has 66 valence electrons. The summed E-state index contributed by atoms with van der Waals surface area (Å²) in [7, 11) is 0. The maximum atomic E-state index is 11.2. The summed E-state index contributed by atoms with van der Waals surface area (Å²) in [6.45, 7) is 0.691. The van der Waals surface area contributed by atoms with Gasteiger partial charge in [-0.15, -0.1) is 0 Å². The molecule has 1 aliphatic rings. The SMILES string of the molecule is O=C1CC=CN1Cc1ccccc1. The van der Waals surface area contributed by atoms with E-state index in [0.717, 1.165) is 0 Å². The molecule has 0 unspecified atom stereocenters. The molecular formula is C11H11NO. The van der Waals surface area contributed by atoms with Crippen molar-refractivity contribution in [3.63, 3.8) is 0 Å². The fourth-order valence-corrected chi connectivity index (χ4v) is 1.40. The molecule has 1 aliphatic heterocycles. The molecule has 1 aromatic rings. The van der Waals surface area contributed by atoms with Crippen molar-refractivity contribution in [3.05, 3.63) is 48.2 Å². The predicted octanol–water partition coefficient (Wildman–Crippen LogP) is 1.93. The van der Waals surface area contributed by atoms with Gasteiger partial charge in [-0.25, -0.2) is 0 Å². The smallest absolute Gasteiger partial charge is 0.230 e. The minimum absolute atomic E-state index is 0.184. The normalized spacial score (nSPS) is 15.4. The Balaban J connectivity index is 2.06. The van der Waals surface area contributed by atoms with Crippen molar-refractivity contribution in [2.45, 2.75) is 13.0 Å². The second-order valence-electron chi connectivity index (χ2n) is 3.10. The highest BCUT2D eigenvalue weighted by Gasteiger charge is 2.14. The molecule has 0 bridgehead atoms. The number of hydrogen-bond acceptors (Lipinski definition) is 1. The van der Waals surface area contributed by atoms with Gasteiger partial charge in [-0.1, -0.05) is 36.4 Å². The number of amides is 1. The molecule has 1 heterocycles. The molecule has 0 fully saturated rings. The average molecular weight is 173 g/mol. The second-order valence-corrected chi connectivity index (χ2v) is 3.10. The number of nitrogens with zero attached hydrogens (tertiary/aromatic N) is 1. The Morgan fingerprint density at radius 1 is 1.23 bits per heavy atom. The van der Waals surface area contributed by atoms with E-state index in [-0.39, 0.29) is 5.91 Å². The molecule has 2 rings (SSSR count). The molecular weight excluding hydrogens is 162 g/mol. The van der Waals surface area contributed by atoms with Crippen LogP contribution in [0.5, 0.6) is 0 Å². The first kappa shape index (κ1) is 8.05. The third-order valence-electron chi connectivity index (χ3n) is 2.09. The summed E-state index contributed by atoms with van der Waals surface area (Å²) < 4.78 is 0. The Labute approximate surface area is 77.5 Å². The zero-order chi connectivity index (χ0) is 9.10. The molecule has 0 spiro atoms. The Morgan fingerprint density at radius 2 is 2.00 bits per heavy atom. The zero-order valence-electron chi connectivity index (χ0n) is 7.31. The third-order valence-corrected chi connectivity index (χ3v) is 2.09. The summed E-state index contributed by atoms with van der Waals surface area (Å²) in [5, 5.41) is 0. The van der Waals surface area contributed by atoms with Gasteiger partial charge in [0.15, 0.2) is 0 Å². The number of rotatable bonds is 2. The van der Waals surface area contributed by atoms with E-state index in [1.165, 1.54) is 5.56 Å². The number of benzene rings is 1. The summed E-state index contributed by atoms with van der Waals surface area (Å²) in [5.74, 6) is 0.184. The van der Waals surface area contributed by atoms with Crippen molar-refractivity contribution in [3.8, 4) is 0 Å². The zero-order valence-corrected chi connectivity index (χ0v) is 7.31. The van der Waals surface area contributed by atoms with E-state index in [1.54, 1.807) is 4.90 Å². The van der Waals surface area contributed by atoms with Gasteiger partial charge in [-0.3, -0.25) is 4.79 Å².